The van der Waals surface area contributed by atoms with Crippen molar-refractivity contribution in [3.63, 3.8) is 0 Å². The number of rotatable bonds is 5. The lowest BCUT2D eigenvalue weighted by atomic mass is 10.0. The van der Waals surface area contributed by atoms with Crippen molar-refractivity contribution in [1.29, 1.82) is 0 Å². The van der Waals surface area contributed by atoms with Gasteiger partial charge in [0.1, 0.15) is 0 Å². The second kappa shape index (κ2) is 5.46. The minimum Gasteiger partial charge on any atom is -0.378 e. The summed E-state index contributed by atoms with van der Waals surface area (Å²) in [6.45, 7) is 6.15. The first-order chi connectivity index (χ1) is 7.83. The monoisotopic (exact) mass is 219 g/mol. The van der Waals surface area contributed by atoms with Gasteiger partial charge in [0.25, 0.3) is 0 Å². The maximum absolute atomic E-state index is 5.19. The summed E-state index contributed by atoms with van der Waals surface area (Å²) in [4.78, 5) is 0. The van der Waals surface area contributed by atoms with Crippen LogP contribution in [0.1, 0.15) is 37.4 Å². The summed E-state index contributed by atoms with van der Waals surface area (Å²) in [6.07, 6.45) is 2.24. The highest BCUT2D eigenvalue weighted by Crippen LogP contribution is 2.19. The quantitative estimate of drug-likeness (QED) is 0.822. The van der Waals surface area contributed by atoms with E-state index in [2.05, 4.69) is 43.4 Å². The normalized spacial score (nSPS) is 18.1. The van der Waals surface area contributed by atoms with Crippen LogP contribution >= 0.6 is 0 Å². The fraction of sp³-hybridized carbons (Fsp3) is 0.571. The Morgan fingerprint density at radius 1 is 1.25 bits per heavy atom. The molecule has 1 aromatic carbocycles. The van der Waals surface area contributed by atoms with Gasteiger partial charge >= 0.3 is 0 Å². The van der Waals surface area contributed by atoms with Gasteiger partial charge in [0, 0.05) is 6.04 Å². The van der Waals surface area contributed by atoms with Crippen molar-refractivity contribution >= 4 is 0 Å². The Balaban J connectivity index is 2.00. The lowest BCUT2D eigenvalue weighted by Gasteiger charge is -2.31. The molecule has 2 rings (SSSR count). The molecule has 1 heterocycles. The molecule has 1 aliphatic heterocycles. The van der Waals surface area contributed by atoms with Crippen LogP contribution in [0.3, 0.4) is 0 Å². The van der Waals surface area contributed by atoms with E-state index in [-0.39, 0.29) is 0 Å². The van der Waals surface area contributed by atoms with Gasteiger partial charge in [-0.05, 0) is 24.0 Å². The standard InChI is InChI=1S/C14H21NO/c1-3-11-5-7-12(8-6-11)14(4-2)15-13-9-16-10-13/h5-8,13-15H,3-4,9-10H2,1-2H3. The molecule has 88 valence electrons. The fourth-order valence-corrected chi connectivity index (χ4v) is 2.05. The highest BCUT2D eigenvalue weighted by molar-refractivity contribution is 5.25. The summed E-state index contributed by atoms with van der Waals surface area (Å²) in [5.41, 5.74) is 2.80. The van der Waals surface area contributed by atoms with Gasteiger partial charge in [-0.2, -0.15) is 0 Å². The Morgan fingerprint density at radius 2 is 1.94 bits per heavy atom. The minimum atomic E-state index is 0.472. The molecular weight excluding hydrogens is 198 g/mol. The number of hydrogen-bond donors (Lipinski definition) is 1. The highest BCUT2D eigenvalue weighted by Gasteiger charge is 2.21. The van der Waals surface area contributed by atoms with Crippen LogP contribution in [0.25, 0.3) is 0 Å². The molecule has 16 heavy (non-hydrogen) atoms. The van der Waals surface area contributed by atoms with E-state index in [0.29, 0.717) is 12.1 Å². The van der Waals surface area contributed by atoms with E-state index >= 15 is 0 Å². The predicted molar refractivity (Wildman–Crippen MR) is 66.6 cm³/mol. The van der Waals surface area contributed by atoms with Gasteiger partial charge in [-0.1, -0.05) is 38.1 Å². The van der Waals surface area contributed by atoms with E-state index in [1.54, 1.807) is 0 Å². The van der Waals surface area contributed by atoms with Crippen molar-refractivity contribution in [3.8, 4) is 0 Å². The van der Waals surface area contributed by atoms with Crippen molar-refractivity contribution < 1.29 is 4.74 Å². The number of benzene rings is 1. The molecule has 2 heteroatoms. The molecule has 1 unspecified atom stereocenters. The van der Waals surface area contributed by atoms with Crippen LogP contribution < -0.4 is 5.32 Å². The van der Waals surface area contributed by atoms with Gasteiger partial charge in [0.05, 0.1) is 19.3 Å². The molecule has 2 nitrogen and oxygen atoms in total. The number of aryl methyl sites for hydroxylation is 1. The fourth-order valence-electron chi connectivity index (χ4n) is 2.05. The molecule has 0 aliphatic carbocycles. The van der Waals surface area contributed by atoms with Crippen LogP contribution in [-0.2, 0) is 11.2 Å². The van der Waals surface area contributed by atoms with Crippen LogP contribution in [0.4, 0.5) is 0 Å². The van der Waals surface area contributed by atoms with Gasteiger partial charge in [-0.3, -0.25) is 0 Å². The van der Waals surface area contributed by atoms with E-state index in [4.69, 9.17) is 4.74 Å². The van der Waals surface area contributed by atoms with Gasteiger partial charge in [-0.15, -0.1) is 0 Å². The van der Waals surface area contributed by atoms with Gasteiger partial charge < -0.3 is 10.1 Å². The van der Waals surface area contributed by atoms with Crippen LogP contribution in [0.2, 0.25) is 0 Å². The smallest absolute Gasteiger partial charge is 0.0643 e. The van der Waals surface area contributed by atoms with E-state index in [9.17, 15) is 0 Å². The third-order valence-electron chi connectivity index (χ3n) is 3.27. The van der Waals surface area contributed by atoms with E-state index in [1.807, 2.05) is 0 Å². The predicted octanol–water partition coefficient (Wildman–Crippen LogP) is 2.69. The zero-order valence-electron chi connectivity index (χ0n) is 10.2. The summed E-state index contributed by atoms with van der Waals surface area (Å²) in [6, 6.07) is 9.99. The Labute approximate surface area is 98.0 Å². The average Bonchev–Trinajstić information content (AvgIpc) is 2.28. The molecule has 0 spiro atoms. The number of nitrogens with one attached hydrogen (secondary N) is 1. The molecule has 1 aliphatic rings. The topological polar surface area (TPSA) is 21.3 Å². The second-order valence-electron chi connectivity index (χ2n) is 4.46. The maximum Gasteiger partial charge on any atom is 0.0643 e. The molecule has 0 saturated carbocycles. The maximum atomic E-state index is 5.19. The molecule has 1 fully saturated rings. The first-order valence-corrected chi connectivity index (χ1v) is 6.26. The Kier molecular flexibility index (Phi) is 3.97. The SMILES string of the molecule is CCc1ccc(C(CC)NC2COC2)cc1. The van der Waals surface area contributed by atoms with Crippen LogP contribution in [0.15, 0.2) is 24.3 Å². The molecule has 0 amide bonds. The molecule has 1 aromatic rings. The number of hydrogen-bond acceptors (Lipinski definition) is 2. The van der Waals surface area contributed by atoms with Gasteiger partial charge in [0.15, 0.2) is 0 Å². The van der Waals surface area contributed by atoms with E-state index < -0.39 is 0 Å². The molecule has 1 atom stereocenters. The first-order valence-electron chi connectivity index (χ1n) is 6.26. The summed E-state index contributed by atoms with van der Waals surface area (Å²) in [7, 11) is 0. The van der Waals surface area contributed by atoms with Crippen LogP contribution in [-0.4, -0.2) is 19.3 Å². The second-order valence-corrected chi connectivity index (χ2v) is 4.46. The molecule has 1 N–H and O–H groups in total. The van der Waals surface area contributed by atoms with Gasteiger partial charge in [0.2, 0.25) is 0 Å². The van der Waals surface area contributed by atoms with Crippen molar-refractivity contribution in [1.82, 2.24) is 5.32 Å². The third-order valence-corrected chi connectivity index (χ3v) is 3.27. The Bertz CT molecular complexity index is 316. The molecule has 0 radical (unpaired) electrons. The molecular formula is C14H21NO. The Hall–Kier alpha value is -0.860. The minimum absolute atomic E-state index is 0.472. The summed E-state index contributed by atoms with van der Waals surface area (Å²) >= 11 is 0. The van der Waals surface area contributed by atoms with Crippen molar-refractivity contribution in [2.45, 2.75) is 38.8 Å². The summed E-state index contributed by atoms with van der Waals surface area (Å²) < 4.78 is 5.19. The lowest BCUT2D eigenvalue weighted by Crippen LogP contribution is -2.47. The van der Waals surface area contributed by atoms with Crippen molar-refractivity contribution in [2.75, 3.05) is 13.2 Å². The van der Waals surface area contributed by atoms with Crippen molar-refractivity contribution in [2.24, 2.45) is 0 Å². The average molecular weight is 219 g/mol. The van der Waals surface area contributed by atoms with Crippen molar-refractivity contribution in [3.05, 3.63) is 35.4 Å². The number of ether oxygens (including phenoxy) is 1. The molecule has 0 aromatic heterocycles. The van der Waals surface area contributed by atoms with Gasteiger partial charge in [-0.25, -0.2) is 0 Å². The summed E-state index contributed by atoms with van der Waals surface area (Å²) in [5.74, 6) is 0. The van der Waals surface area contributed by atoms with E-state index in [1.165, 1.54) is 11.1 Å². The van der Waals surface area contributed by atoms with E-state index in [0.717, 1.165) is 26.1 Å². The first kappa shape index (κ1) is 11.6. The van der Waals surface area contributed by atoms with Crippen LogP contribution in [0.5, 0.6) is 0 Å². The van der Waals surface area contributed by atoms with Crippen LogP contribution in [0, 0.1) is 0 Å². The Morgan fingerprint density at radius 3 is 2.38 bits per heavy atom. The zero-order valence-corrected chi connectivity index (χ0v) is 10.2. The zero-order chi connectivity index (χ0) is 11.4. The lowest BCUT2D eigenvalue weighted by molar-refractivity contribution is -0.0103. The highest BCUT2D eigenvalue weighted by atomic mass is 16.5. The third kappa shape index (κ3) is 2.63. The molecule has 0 bridgehead atoms. The molecule has 1 saturated heterocycles. The summed E-state index contributed by atoms with van der Waals surface area (Å²) in [5, 5.41) is 3.63. The largest absolute Gasteiger partial charge is 0.378 e.